The van der Waals surface area contributed by atoms with Crippen LogP contribution in [0.5, 0.6) is 5.75 Å². The highest BCUT2D eigenvalue weighted by atomic mass is 16.5. The summed E-state index contributed by atoms with van der Waals surface area (Å²) >= 11 is 0. The molecule has 1 atom stereocenters. The summed E-state index contributed by atoms with van der Waals surface area (Å²) in [5.74, 6) is 0.440. The lowest BCUT2D eigenvalue weighted by Crippen LogP contribution is -2.26. The monoisotopic (exact) mass is 493 g/mol. The quantitative estimate of drug-likeness (QED) is 0.245. The van der Waals surface area contributed by atoms with Gasteiger partial charge in [0.25, 0.3) is 5.91 Å². The van der Waals surface area contributed by atoms with Crippen molar-refractivity contribution >= 4 is 23.2 Å². The van der Waals surface area contributed by atoms with Gasteiger partial charge in [0.15, 0.2) is 0 Å². The van der Waals surface area contributed by atoms with Crippen molar-refractivity contribution in [2.24, 2.45) is 0 Å². The number of carbonyl (C=O) groups is 2. The number of anilines is 2. The summed E-state index contributed by atoms with van der Waals surface area (Å²) in [6.45, 7) is 2.66. The number of hydrogen-bond acceptors (Lipinski definition) is 4. The average Bonchev–Trinajstić information content (AvgIpc) is 2.94. The molecule has 37 heavy (non-hydrogen) atoms. The highest BCUT2D eigenvalue weighted by Crippen LogP contribution is 2.17. The molecular weight excluding hydrogens is 462 g/mol. The summed E-state index contributed by atoms with van der Waals surface area (Å²) in [6.07, 6.45) is 0.847. The Morgan fingerprint density at radius 1 is 0.757 bits per heavy atom. The first kappa shape index (κ1) is 25.5. The predicted octanol–water partition coefficient (Wildman–Crippen LogP) is 5.85. The zero-order valence-electron chi connectivity index (χ0n) is 20.8. The molecule has 2 amide bonds. The molecule has 6 nitrogen and oxygen atoms in total. The number of nitrogens with one attached hydrogen (secondary N) is 3. The lowest BCUT2D eigenvalue weighted by molar-refractivity contribution is -0.114. The van der Waals surface area contributed by atoms with Gasteiger partial charge in [0, 0.05) is 23.4 Å². The van der Waals surface area contributed by atoms with E-state index in [0.717, 1.165) is 23.4 Å². The molecule has 4 rings (SSSR count). The molecule has 0 spiro atoms. The average molecular weight is 494 g/mol. The van der Waals surface area contributed by atoms with E-state index in [1.807, 2.05) is 79.7 Å². The Labute approximate surface area is 217 Å². The Morgan fingerprint density at radius 3 is 2.05 bits per heavy atom. The molecule has 0 bridgehead atoms. The summed E-state index contributed by atoms with van der Waals surface area (Å²) < 4.78 is 5.80. The second kappa shape index (κ2) is 12.9. The van der Waals surface area contributed by atoms with Crippen LogP contribution in [0.25, 0.3) is 0 Å². The summed E-state index contributed by atoms with van der Waals surface area (Å²) in [7, 11) is 0. The van der Waals surface area contributed by atoms with Crippen LogP contribution in [0.2, 0.25) is 0 Å². The molecule has 188 valence electrons. The van der Waals surface area contributed by atoms with Crippen molar-refractivity contribution in [3.63, 3.8) is 0 Å². The smallest absolute Gasteiger partial charge is 0.251 e. The van der Waals surface area contributed by atoms with Crippen molar-refractivity contribution in [1.82, 2.24) is 5.32 Å². The fourth-order valence-electron chi connectivity index (χ4n) is 3.80. The van der Waals surface area contributed by atoms with Crippen LogP contribution in [0.1, 0.15) is 34.5 Å². The minimum Gasteiger partial charge on any atom is -0.493 e. The second-order valence-corrected chi connectivity index (χ2v) is 8.69. The molecule has 0 saturated carbocycles. The molecule has 0 fully saturated rings. The van der Waals surface area contributed by atoms with Gasteiger partial charge in [-0.2, -0.15) is 0 Å². The van der Waals surface area contributed by atoms with Crippen molar-refractivity contribution in [3.8, 4) is 5.75 Å². The second-order valence-electron chi connectivity index (χ2n) is 8.69. The van der Waals surface area contributed by atoms with E-state index >= 15 is 0 Å². The van der Waals surface area contributed by atoms with Crippen LogP contribution in [-0.4, -0.2) is 25.0 Å². The summed E-state index contributed by atoms with van der Waals surface area (Å²) in [6, 6.07) is 34.3. The summed E-state index contributed by atoms with van der Waals surface area (Å²) in [4.78, 5) is 24.9. The topological polar surface area (TPSA) is 79.5 Å². The molecule has 1 unspecified atom stereocenters. The maximum absolute atomic E-state index is 12.6. The Bertz CT molecular complexity index is 1280. The minimum absolute atomic E-state index is 0.103. The number of benzene rings is 4. The zero-order chi connectivity index (χ0) is 25.9. The van der Waals surface area contributed by atoms with Gasteiger partial charge in [-0.3, -0.25) is 9.59 Å². The van der Waals surface area contributed by atoms with E-state index in [1.165, 1.54) is 5.56 Å². The van der Waals surface area contributed by atoms with Gasteiger partial charge < -0.3 is 20.7 Å². The van der Waals surface area contributed by atoms with Gasteiger partial charge in [-0.25, -0.2) is 0 Å². The van der Waals surface area contributed by atoms with Crippen molar-refractivity contribution in [2.45, 2.75) is 19.4 Å². The zero-order valence-corrected chi connectivity index (χ0v) is 20.8. The number of rotatable bonds is 11. The van der Waals surface area contributed by atoms with Crippen LogP contribution in [-0.2, 0) is 11.2 Å². The highest BCUT2D eigenvalue weighted by Gasteiger charge is 2.11. The first-order valence-electron chi connectivity index (χ1n) is 12.3. The Hall–Kier alpha value is -4.58. The van der Waals surface area contributed by atoms with E-state index in [2.05, 4.69) is 28.1 Å². The number of amides is 2. The van der Waals surface area contributed by atoms with E-state index < -0.39 is 0 Å². The summed E-state index contributed by atoms with van der Waals surface area (Å²) in [5, 5.41) is 8.94. The maximum Gasteiger partial charge on any atom is 0.251 e. The molecule has 4 aromatic rings. The highest BCUT2D eigenvalue weighted by molar-refractivity contribution is 5.96. The maximum atomic E-state index is 12.6. The van der Waals surface area contributed by atoms with Crippen LogP contribution in [0, 0.1) is 0 Å². The third-order valence-corrected chi connectivity index (χ3v) is 5.89. The molecule has 3 N–H and O–H groups in total. The predicted molar refractivity (Wildman–Crippen MR) is 148 cm³/mol. The van der Waals surface area contributed by atoms with E-state index in [0.29, 0.717) is 17.9 Å². The van der Waals surface area contributed by atoms with Crippen molar-refractivity contribution in [3.05, 3.63) is 126 Å². The van der Waals surface area contributed by atoms with Crippen molar-refractivity contribution in [1.29, 1.82) is 0 Å². The van der Waals surface area contributed by atoms with Crippen molar-refractivity contribution < 1.29 is 14.3 Å². The van der Waals surface area contributed by atoms with Gasteiger partial charge in [0.1, 0.15) is 5.75 Å². The molecule has 0 radical (unpaired) electrons. The third-order valence-electron chi connectivity index (χ3n) is 5.89. The molecule has 0 aromatic heterocycles. The Kier molecular flexibility index (Phi) is 8.92. The third kappa shape index (κ3) is 7.97. The van der Waals surface area contributed by atoms with Crippen LogP contribution in [0.4, 0.5) is 11.4 Å². The molecule has 0 saturated heterocycles. The van der Waals surface area contributed by atoms with Crippen molar-refractivity contribution in [2.75, 3.05) is 23.8 Å². The lowest BCUT2D eigenvalue weighted by Gasteiger charge is -2.14. The number of hydrogen-bond donors (Lipinski definition) is 3. The molecule has 6 heteroatoms. The fraction of sp³-hybridized carbons (Fsp3) is 0.161. The lowest BCUT2D eigenvalue weighted by atomic mass is 10.1. The first-order chi connectivity index (χ1) is 18.1. The first-order valence-corrected chi connectivity index (χ1v) is 12.3. The number of carbonyl (C=O) groups excluding carboxylic acids is 2. The van der Waals surface area contributed by atoms with Gasteiger partial charge >= 0.3 is 0 Å². The van der Waals surface area contributed by atoms with Gasteiger partial charge in [0.05, 0.1) is 19.2 Å². The van der Waals surface area contributed by atoms with Crippen LogP contribution >= 0.6 is 0 Å². The Balaban J connectivity index is 1.19. The largest absolute Gasteiger partial charge is 0.493 e. The van der Waals surface area contributed by atoms with Crippen LogP contribution in [0.15, 0.2) is 109 Å². The molecular formula is C31H31N3O3. The molecule has 4 aromatic carbocycles. The fourth-order valence-corrected chi connectivity index (χ4v) is 3.80. The van der Waals surface area contributed by atoms with Gasteiger partial charge in [-0.1, -0.05) is 60.7 Å². The molecule has 0 aliphatic carbocycles. The molecule has 0 aliphatic rings. The van der Waals surface area contributed by atoms with Crippen LogP contribution in [0.3, 0.4) is 0 Å². The van der Waals surface area contributed by atoms with Crippen LogP contribution < -0.4 is 20.7 Å². The van der Waals surface area contributed by atoms with Gasteiger partial charge in [-0.15, -0.1) is 0 Å². The number of ether oxygens (including phenoxy) is 1. The van der Waals surface area contributed by atoms with E-state index in [9.17, 15) is 9.59 Å². The summed E-state index contributed by atoms with van der Waals surface area (Å²) in [5.41, 5.74) is 4.26. The standard InChI is InChI=1S/C31H31N3O3/c1-23(25-10-6-3-7-11-25)33-31(36)26-12-14-28(15-13-26)34-30(35)22-32-27-16-18-29(19-17-27)37-21-20-24-8-4-2-5-9-24/h2-19,23,32H,20-22H2,1H3,(H,33,36)(H,34,35). The van der Waals surface area contributed by atoms with E-state index in [-0.39, 0.29) is 24.4 Å². The Morgan fingerprint density at radius 2 is 1.38 bits per heavy atom. The van der Waals surface area contributed by atoms with E-state index in [1.54, 1.807) is 24.3 Å². The van der Waals surface area contributed by atoms with Gasteiger partial charge in [-0.05, 0) is 66.6 Å². The normalized spacial score (nSPS) is 11.3. The molecule has 0 aliphatic heterocycles. The minimum atomic E-state index is -0.182. The van der Waals surface area contributed by atoms with E-state index in [4.69, 9.17) is 4.74 Å². The molecule has 0 heterocycles. The van der Waals surface area contributed by atoms with Gasteiger partial charge in [0.2, 0.25) is 5.91 Å². The SMILES string of the molecule is CC(NC(=O)c1ccc(NC(=O)CNc2ccc(OCCc3ccccc3)cc2)cc1)c1ccccc1.